The van der Waals surface area contributed by atoms with Gasteiger partial charge in [0.25, 0.3) is 5.56 Å². The Balaban J connectivity index is 1.08. The topological polar surface area (TPSA) is 231 Å². The van der Waals surface area contributed by atoms with Crippen molar-refractivity contribution in [3.8, 4) is 11.4 Å². The first kappa shape index (κ1) is 54.8. The molecule has 3 amide bonds. The summed E-state index contributed by atoms with van der Waals surface area (Å²) in [5, 5.41) is 20.2. The second-order valence-corrected chi connectivity index (χ2v) is 21.6. The van der Waals surface area contributed by atoms with E-state index in [1.54, 1.807) is 38.4 Å². The van der Waals surface area contributed by atoms with E-state index in [4.69, 9.17) is 14.5 Å². The molecule has 0 aliphatic carbocycles. The fourth-order valence-electron chi connectivity index (χ4n) is 9.53. The third-order valence-corrected chi connectivity index (χ3v) is 14.6. The SMILES string of the molecule is CCCCCCC1=CN([C@H](C(=O)N[C@@H](CCCCN(C)C)C(=O)NCC(=O)NCOCCCc2c3c(nc4cc(F)c(C)cc24)-c2cc4c(c(=O)n2C3)COC(=O)[C@]4(O)CC)C(C)C)C(S(C)(=O)=O)N=C1. The number of halogens is 1. The molecular formula is C51H71FN8O10S. The smallest absolute Gasteiger partial charge is 0.343 e. The third kappa shape index (κ3) is 12.7. The van der Waals surface area contributed by atoms with Crippen molar-refractivity contribution in [2.45, 2.75) is 142 Å². The van der Waals surface area contributed by atoms with E-state index in [0.29, 0.717) is 53.5 Å². The number of ether oxygens (including phenoxy) is 2. The van der Waals surface area contributed by atoms with Crippen LogP contribution < -0.4 is 21.5 Å². The number of fused-ring (bicyclic) bond motifs is 5. The van der Waals surface area contributed by atoms with Crippen LogP contribution in [0.5, 0.6) is 0 Å². The number of allylic oxidation sites excluding steroid dienone is 1. The van der Waals surface area contributed by atoms with E-state index in [2.05, 4.69) is 27.9 Å². The number of pyridine rings is 2. The second kappa shape index (κ2) is 23.8. The molecule has 5 heterocycles. The molecule has 0 saturated carbocycles. The number of aryl methyl sites for hydroxylation is 2. The van der Waals surface area contributed by atoms with Gasteiger partial charge in [-0.3, -0.25) is 24.2 Å². The van der Waals surface area contributed by atoms with E-state index in [1.165, 1.54) is 15.5 Å². The summed E-state index contributed by atoms with van der Waals surface area (Å²) in [5.41, 5.74) is 0.742. The van der Waals surface area contributed by atoms with Gasteiger partial charge in [-0.05, 0) is 114 Å². The maximum absolute atomic E-state index is 15.0. The Labute approximate surface area is 415 Å². The van der Waals surface area contributed by atoms with Crippen molar-refractivity contribution >= 4 is 50.6 Å². The minimum Gasteiger partial charge on any atom is -0.458 e. The molecule has 18 nitrogen and oxygen atoms in total. The first-order chi connectivity index (χ1) is 33.7. The highest BCUT2D eigenvalue weighted by Crippen LogP contribution is 2.41. The first-order valence-electron chi connectivity index (χ1n) is 24.8. The number of carbonyl (C=O) groups excluding carboxylic acids is 4. The van der Waals surface area contributed by atoms with Gasteiger partial charge in [0, 0.05) is 47.9 Å². The standard InChI is InChI=1S/C51H71FN8O10S/c1-9-11-12-13-17-33-25-54-50(71(8,67)68)60(27-33)45(31(3)4)47(63)57-40(19-14-15-20-58(6)7)46(62)53-26-43(61)55-30-69-21-16-18-34-35-22-32(5)39(52)24-41(35)56-44-36(34)28-59-42(44)23-38-37(48(59)64)29-70-49(65)51(38,66)10-2/h22-25,27,31,40,45,50,66H,9-21,26,28-30H2,1-8H3,(H,53,62)(H,55,61)(H,57,63)/t40-,45-,50?,51-/m0/s1. The molecule has 0 spiro atoms. The van der Waals surface area contributed by atoms with Gasteiger partial charge in [-0.2, -0.15) is 0 Å². The van der Waals surface area contributed by atoms with Gasteiger partial charge in [0.2, 0.25) is 23.2 Å². The van der Waals surface area contributed by atoms with Gasteiger partial charge in [0.1, 0.15) is 31.2 Å². The Morgan fingerprint density at radius 2 is 1.77 bits per heavy atom. The zero-order chi connectivity index (χ0) is 51.8. The van der Waals surface area contributed by atoms with E-state index in [9.17, 15) is 41.9 Å². The van der Waals surface area contributed by atoms with Gasteiger partial charge in [-0.1, -0.05) is 47.0 Å². The number of nitrogens with zero attached hydrogens (tertiary/aromatic N) is 5. The lowest BCUT2D eigenvalue weighted by Crippen LogP contribution is -2.57. The lowest BCUT2D eigenvalue weighted by molar-refractivity contribution is -0.172. The molecule has 1 unspecified atom stereocenters. The number of amides is 3. The molecule has 1 aromatic carbocycles. The molecule has 0 radical (unpaired) electrons. The highest BCUT2D eigenvalue weighted by Gasteiger charge is 2.46. The number of esters is 1. The van der Waals surface area contributed by atoms with Crippen LogP contribution in [0.3, 0.4) is 0 Å². The van der Waals surface area contributed by atoms with Gasteiger partial charge in [-0.15, -0.1) is 0 Å². The number of nitrogens with one attached hydrogen (secondary N) is 3. The summed E-state index contributed by atoms with van der Waals surface area (Å²) in [4.78, 5) is 80.2. The average molecular weight is 1010 g/mol. The van der Waals surface area contributed by atoms with Crippen molar-refractivity contribution in [1.82, 2.24) is 35.3 Å². The van der Waals surface area contributed by atoms with Crippen LogP contribution >= 0.6 is 0 Å². The summed E-state index contributed by atoms with van der Waals surface area (Å²) in [6.45, 7) is 9.34. The minimum atomic E-state index is -3.76. The Bertz CT molecular complexity index is 2720. The fourth-order valence-corrected chi connectivity index (χ4v) is 10.4. The monoisotopic (exact) mass is 1010 g/mol. The molecule has 0 fully saturated rings. The number of carbonyl (C=O) groups is 4. The van der Waals surface area contributed by atoms with Crippen molar-refractivity contribution in [1.29, 1.82) is 0 Å². The number of cyclic esters (lactones) is 1. The van der Waals surface area contributed by atoms with Crippen molar-refractivity contribution in [2.75, 3.05) is 46.8 Å². The zero-order valence-electron chi connectivity index (χ0n) is 42.4. The summed E-state index contributed by atoms with van der Waals surface area (Å²) in [5.74, 6) is -3.26. The van der Waals surface area contributed by atoms with E-state index in [-0.39, 0.29) is 56.4 Å². The van der Waals surface area contributed by atoms with Crippen LogP contribution in [-0.4, -0.2) is 127 Å². The summed E-state index contributed by atoms with van der Waals surface area (Å²) in [6, 6.07) is 2.71. The lowest BCUT2D eigenvalue weighted by Gasteiger charge is -2.38. The maximum Gasteiger partial charge on any atom is 0.343 e. The second-order valence-electron chi connectivity index (χ2n) is 19.6. The van der Waals surface area contributed by atoms with Gasteiger partial charge in [-0.25, -0.2) is 22.6 Å². The number of aliphatic imine (C=N–C) groups is 1. The molecule has 3 aromatic rings. The third-order valence-electron chi connectivity index (χ3n) is 13.4. The molecule has 2 aromatic heterocycles. The molecular weight excluding hydrogens is 936 g/mol. The van der Waals surface area contributed by atoms with Gasteiger partial charge < -0.3 is 44.9 Å². The van der Waals surface area contributed by atoms with E-state index in [0.717, 1.165) is 61.6 Å². The number of hydrogen-bond acceptors (Lipinski definition) is 14. The Morgan fingerprint density at radius 1 is 1.01 bits per heavy atom. The average Bonchev–Trinajstić information content (AvgIpc) is 3.68. The largest absolute Gasteiger partial charge is 0.458 e. The van der Waals surface area contributed by atoms with Crippen LogP contribution in [-0.2, 0) is 63.7 Å². The molecule has 3 aliphatic rings. The minimum absolute atomic E-state index is 0.00655. The summed E-state index contributed by atoms with van der Waals surface area (Å²) < 4.78 is 53.5. The molecule has 3 aliphatic heterocycles. The summed E-state index contributed by atoms with van der Waals surface area (Å²) in [7, 11) is 0.120. The highest BCUT2D eigenvalue weighted by molar-refractivity contribution is 7.91. The Hall–Kier alpha value is -5.57. The van der Waals surface area contributed by atoms with E-state index in [1.807, 2.05) is 32.8 Å². The number of aliphatic hydroxyl groups is 1. The van der Waals surface area contributed by atoms with E-state index >= 15 is 0 Å². The molecule has 20 heteroatoms. The van der Waals surface area contributed by atoms with Crippen LogP contribution in [0, 0.1) is 18.7 Å². The van der Waals surface area contributed by atoms with Crippen molar-refractivity contribution in [2.24, 2.45) is 10.9 Å². The van der Waals surface area contributed by atoms with Crippen molar-refractivity contribution in [3.05, 3.63) is 74.0 Å². The van der Waals surface area contributed by atoms with E-state index < -0.39 is 74.6 Å². The molecule has 6 rings (SSSR count). The zero-order valence-corrected chi connectivity index (χ0v) is 43.2. The molecule has 71 heavy (non-hydrogen) atoms. The van der Waals surface area contributed by atoms with Crippen LogP contribution in [0.4, 0.5) is 4.39 Å². The predicted molar refractivity (Wildman–Crippen MR) is 268 cm³/mol. The molecule has 0 saturated heterocycles. The van der Waals surface area contributed by atoms with Crippen LogP contribution in [0.25, 0.3) is 22.3 Å². The number of sulfone groups is 1. The van der Waals surface area contributed by atoms with Crippen molar-refractivity contribution in [3.63, 3.8) is 0 Å². The first-order valence-corrected chi connectivity index (χ1v) is 26.7. The quantitative estimate of drug-likeness (QED) is 0.0409. The Morgan fingerprint density at radius 3 is 2.46 bits per heavy atom. The summed E-state index contributed by atoms with van der Waals surface area (Å²) >= 11 is 0. The predicted octanol–water partition coefficient (Wildman–Crippen LogP) is 4.48. The fraction of sp³-hybridized carbons (Fsp3) is 0.588. The number of aromatic nitrogens is 2. The highest BCUT2D eigenvalue weighted by atomic mass is 32.2. The number of rotatable bonds is 25. The molecule has 388 valence electrons. The molecule has 4 N–H and O–H groups in total. The number of benzene rings is 1. The molecule has 0 bridgehead atoms. The van der Waals surface area contributed by atoms with Crippen LogP contribution in [0.2, 0.25) is 0 Å². The molecule has 4 atom stereocenters. The van der Waals surface area contributed by atoms with Gasteiger partial charge >= 0.3 is 5.97 Å². The maximum atomic E-state index is 15.0. The van der Waals surface area contributed by atoms with Gasteiger partial charge in [0.05, 0.1) is 35.6 Å². The van der Waals surface area contributed by atoms with Crippen LogP contribution in [0.1, 0.15) is 120 Å². The van der Waals surface area contributed by atoms with Crippen LogP contribution in [0.15, 0.2) is 39.8 Å². The van der Waals surface area contributed by atoms with Crippen molar-refractivity contribution < 1.29 is 46.6 Å². The number of unbranched alkanes of at least 4 members (excludes halogenated alkanes) is 4. The van der Waals surface area contributed by atoms with Gasteiger partial charge in [0.15, 0.2) is 15.4 Å². The Kier molecular flexibility index (Phi) is 18.3. The normalized spacial score (nSPS) is 18.2. The number of hydrogen-bond donors (Lipinski definition) is 4. The lowest BCUT2D eigenvalue weighted by atomic mass is 9.86. The summed E-state index contributed by atoms with van der Waals surface area (Å²) in [6.07, 6.45) is 11.6.